The summed E-state index contributed by atoms with van der Waals surface area (Å²) in [5.41, 5.74) is -1.14. The lowest BCUT2D eigenvalue weighted by Crippen LogP contribution is -2.70. The number of carbonyl (C=O) groups excluding carboxylic acids is 3. The first kappa shape index (κ1) is 40.2. The summed E-state index contributed by atoms with van der Waals surface area (Å²) < 4.78 is 17.9. The van der Waals surface area contributed by atoms with Crippen molar-refractivity contribution in [3.63, 3.8) is 0 Å². The molecule has 3 rings (SSSR count). The molecule has 13 N–H and O–H groups in total. The molecule has 1 unspecified atom stereocenters. The highest BCUT2D eigenvalue weighted by molar-refractivity contribution is 5.87. The average Bonchev–Trinajstić information content (AvgIpc) is 3.03. The van der Waals surface area contributed by atoms with Gasteiger partial charge in [0.1, 0.15) is 73.0 Å². The zero-order chi connectivity index (χ0) is 36.9. The molecule has 49 heavy (non-hydrogen) atoms. The largest absolute Gasteiger partial charge is 0.394 e. The van der Waals surface area contributed by atoms with Crippen LogP contribution >= 0.6 is 0 Å². The Hall–Kier alpha value is -3.23. The number of rotatable bonds is 13. The molecular weight excluding hydrogens is 666 g/mol. The van der Waals surface area contributed by atoms with Gasteiger partial charge in [0.2, 0.25) is 17.7 Å². The lowest BCUT2D eigenvalue weighted by atomic mass is 9.87. The number of hydrogen-bond acceptors (Lipinski definition) is 18. The van der Waals surface area contributed by atoms with E-state index in [9.17, 15) is 70.2 Å². The molecule has 2 saturated heterocycles. The molecule has 2 fully saturated rings. The van der Waals surface area contributed by atoms with Gasteiger partial charge in [0, 0.05) is 27.0 Å². The zero-order valence-electron chi connectivity index (χ0n) is 26.5. The van der Waals surface area contributed by atoms with Crippen molar-refractivity contribution >= 4 is 23.5 Å². The molecular formula is C27H43N5O17. The maximum absolute atomic E-state index is 13.0. The van der Waals surface area contributed by atoms with Crippen LogP contribution in [0.5, 0.6) is 0 Å². The van der Waals surface area contributed by atoms with Crippen molar-refractivity contribution in [2.75, 3.05) is 18.5 Å². The van der Waals surface area contributed by atoms with E-state index in [2.05, 4.69) is 20.9 Å². The maximum atomic E-state index is 13.0. The summed E-state index contributed by atoms with van der Waals surface area (Å²) in [6.07, 6.45) is -25.6. The fourth-order valence-electron chi connectivity index (χ4n) is 5.52. The average molecular weight is 710 g/mol. The van der Waals surface area contributed by atoms with Crippen LogP contribution in [0, 0.1) is 0 Å². The monoisotopic (exact) mass is 709 g/mol. The van der Waals surface area contributed by atoms with Gasteiger partial charge in [-0.25, -0.2) is 4.79 Å². The van der Waals surface area contributed by atoms with Crippen LogP contribution in [0.3, 0.4) is 0 Å². The Balaban J connectivity index is 2.15. The number of nitrogens with zero attached hydrogens (tertiary/aromatic N) is 2. The molecule has 278 valence electrons. The maximum Gasteiger partial charge on any atom is 0.351 e. The number of anilines is 1. The molecule has 0 spiro atoms. The Bertz CT molecular complexity index is 1350. The predicted octanol–water partition coefficient (Wildman–Crippen LogP) is -7.91. The second-order valence-electron chi connectivity index (χ2n) is 11.6. The van der Waals surface area contributed by atoms with E-state index in [1.807, 2.05) is 0 Å². The highest BCUT2D eigenvalue weighted by atomic mass is 16.7. The number of amides is 3. The molecule has 0 bridgehead atoms. The second-order valence-corrected chi connectivity index (χ2v) is 11.6. The van der Waals surface area contributed by atoms with E-state index in [1.54, 1.807) is 0 Å². The topological polar surface area (TPSA) is 352 Å². The third-order valence-electron chi connectivity index (χ3n) is 7.93. The third-order valence-corrected chi connectivity index (χ3v) is 7.93. The van der Waals surface area contributed by atoms with E-state index in [1.165, 1.54) is 0 Å². The molecule has 3 amide bonds. The first-order chi connectivity index (χ1) is 22.9. The van der Waals surface area contributed by atoms with Crippen molar-refractivity contribution in [1.82, 2.24) is 20.2 Å². The van der Waals surface area contributed by atoms with Crippen LogP contribution in [-0.2, 0) is 28.6 Å². The van der Waals surface area contributed by atoms with E-state index in [0.29, 0.717) is 4.57 Å². The highest BCUT2D eigenvalue weighted by Gasteiger charge is 2.55. The number of ether oxygens (including phenoxy) is 3. The van der Waals surface area contributed by atoms with Crippen LogP contribution < -0.4 is 21.6 Å². The first-order valence-electron chi connectivity index (χ1n) is 15.0. The normalized spacial score (nSPS) is 33.4. The molecule has 3 heterocycles. The zero-order valence-corrected chi connectivity index (χ0v) is 26.5. The van der Waals surface area contributed by atoms with Gasteiger partial charge in [0.15, 0.2) is 12.5 Å². The SMILES string of the molecule is CC(=O)Nc1ccn([C@@H]2O[C@H](C(O[C@@H]3O[C@H](CO)[C@@H](O)[C@H](NC(C)=O)[C@H]3O)[C@@H](O)[C@@H](O)[C@H](O)[C@H](O)CO)[C@@H](NC(C)=O)[C@H](O)[C@H]2O)c(=O)n1. The van der Waals surface area contributed by atoms with Gasteiger partial charge in [-0.2, -0.15) is 4.98 Å². The van der Waals surface area contributed by atoms with Crippen molar-refractivity contribution in [2.45, 2.75) is 113 Å². The summed E-state index contributed by atoms with van der Waals surface area (Å²) in [5, 5.41) is 112. The van der Waals surface area contributed by atoms with Gasteiger partial charge in [0.25, 0.3) is 0 Å². The molecule has 0 aromatic carbocycles. The van der Waals surface area contributed by atoms with Crippen molar-refractivity contribution in [3.8, 4) is 0 Å². The number of aliphatic hydroxyl groups excluding tert-OH is 10. The molecule has 1 aromatic heterocycles. The predicted molar refractivity (Wildman–Crippen MR) is 158 cm³/mol. The van der Waals surface area contributed by atoms with E-state index >= 15 is 0 Å². The van der Waals surface area contributed by atoms with Crippen molar-refractivity contribution < 1.29 is 79.7 Å². The molecule has 0 aliphatic carbocycles. The number of carbonyl (C=O) groups is 3. The molecule has 2 aliphatic rings. The molecule has 0 radical (unpaired) electrons. The lowest BCUT2D eigenvalue weighted by molar-refractivity contribution is -0.329. The van der Waals surface area contributed by atoms with E-state index in [4.69, 9.17) is 14.2 Å². The molecule has 22 heteroatoms. The van der Waals surface area contributed by atoms with Gasteiger partial charge < -0.3 is 81.2 Å². The number of aliphatic hydroxyl groups is 10. The van der Waals surface area contributed by atoms with Crippen LogP contribution in [0.25, 0.3) is 0 Å². The third kappa shape index (κ3) is 9.31. The lowest BCUT2D eigenvalue weighted by Gasteiger charge is -2.49. The molecule has 1 aromatic rings. The molecule has 2 aliphatic heterocycles. The Morgan fingerprint density at radius 3 is 2.00 bits per heavy atom. The summed E-state index contributed by atoms with van der Waals surface area (Å²) >= 11 is 0. The van der Waals surface area contributed by atoms with Crippen LogP contribution in [0.1, 0.15) is 27.0 Å². The first-order valence-corrected chi connectivity index (χ1v) is 15.0. The number of hydrogen-bond donors (Lipinski definition) is 13. The van der Waals surface area contributed by atoms with Crippen LogP contribution in [-0.4, -0.2) is 177 Å². The second kappa shape index (κ2) is 17.1. The van der Waals surface area contributed by atoms with Crippen molar-refractivity contribution in [3.05, 3.63) is 22.7 Å². The van der Waals surface area contributed by atoms with Crippen LogP contribution in [0.15, 0.2) is 17.1 Å². The van der Waals surface area contributed by atoms with Gasteiger partial charge >= 0.3 is 5.69 Å². The molecule has 22 nitrogen and oxygen atoms in total. The minimum atomic E-state index is -2.45. The van der Waals surface area contributed by atoms with Crippen LogP contribution in [0.4, 0.5) is 5.82 Å². The molecule has 15 atom stereocenters. The summed E-state index contributed by atoms with van der Waals surface area (Å²) in [6, 6.07) is -2.21. The van der Waals surface area contributed by atoms with Gasteiger partial charge in [-0.1, -0.05) is 0 Å². The van der Waals surface area contributed by atoms with Gasteiger partial charge in [0.05, 0.1) is 25.3 Å². The van der Waals surface area contributed by atoms with Gasteiger partial charge in [-0.3, -0.25) is 19.0 Å². The number of nitrogens with one attached hydrogen (secondary N) is 3. The van der Waals surface area contributed by atoms with Gasteiger partial charge in [-0.05, 0) is 6.07 Å². The van der Waals surface area contributed by atoms with Gasteiger partial charge in [-0.15, -0.1) is 0 Å². The van der Waals surface area contributed by atoms with E-state index < -0.39 is 128 Å². The van der Waals surface area contributed by atoms with Crippen molar-refractivity contribution in [2.24, 2.45) is 0 Å². The fourth-order valence-corrected chi connectivity index (χ4v) is 5.52. The summed E-state index contributed by atoms with van der Waals surface area (Å²) in [5.74, 6) is -2.34. The Morgan fingerprint density at radius 2 is 1.47 bits per heavy atom. The smallest absolute Gasteiger partial charge is 0.351 e. The Kier molecular flexibility index (Phi) is 14.1. The van der Waals surface area contributed by atoms with E-state index in [0.717, 1.165) is 33.0 Å². The van der Waals surface area contributed by atoms with Crippen molar-refractivity contribution in [1.29, 1.82) is 0 Å². The fraction of sp³-hybridized carbons (Fsp3) is 0.741. The summed E-state index contributed by atoms with van der Waals surface area (Å²) in [7, 11) is 0. The highest BCUT2D eigenvalue weighted by Crippen LogP contribution is 2.34. The minimum absolute atomic E-state index is 0.193. The summed E-state index contributed by atoms with van der Waals surface area (Å²) in [4.78, 5) is 52.1. The quantitative estimate of drug-likeness (QED) is 0.0904. The van der Waals surface area contributed by atoms with Crippen LogP contribution in [0.2, 0.25) is 0 Å². The Labute approximate surface area is 277 Å². The number of aromatic nitrogens is 2. The summed E-state index contributed by atoms with van der Waals surface area (Å²) in [6.45, 7) is 1.21. The molecule has 0 saturated carbocycles. The standard InChI is InChI=1S/C27H43N5O17/c1-8(35)28-13-4-5-32(27(46)31-13)25-22(45)18(41)15(30-10(3)37)23(48-25)24(21(44)20(43)16(39)11(38)6-33)49-26-19(42)14(29-9(2)36)17(40)12(7-34)47-26/h4-5,11-12,14-26,33-34,38-45H,6-7H2,1-3H3,(H,29,36)(H,30,37)(H,28,31,35,46)/t11-,12-,14+,15+,16-,17-,18+,19-,20+,21+,22-,23+,24?,25-,26+/m1/s1. The van der Waals surface area contributed by atoms with E-state index in [-0.39, 0.29) is 5.82 Å². The Morgan fingerprint density at radius 1 is 0.857 bits per heavy atom. The minimum Gasteiger partial charge on any atom is -0.394 e.